The summed E-state index contributed by atoms with van der Waals surface area (Å²) in [6.07, 6.45) is 0.518. The molecule has 2 aliphatic heterocycles. The number of ether oxygens (including phenoxy) is 4. The van der Waals surface area contributed by atoms with Crippen molar-refractivity contribution in [2.75, 3.05) is 26.4 Å². The van der Waals surface area contributed by atoms with E-state index in [0.29, 0.717) is 13.2 Å². The molecule has 2 unspecified atom stereocenters. The molecular formula is C23H24N2O4. The van der Waals surface area contributed by atoms with Gasteiger partial charge in [0.2, 0.25) is 0 Å². The zero-order valence-corrected chi connectivity index (χ0v) is 16.6. The quantitative estimate of drug-likeness (QED) is 0.548. The molecule has 0 radical (unpaired) electrons. The first-order valence-corrected chi connectivity index (χ1v) is 9.90. The molecule has 2 saturated heterocycles. The molecule has 2 fully saturated rings. The maximum absolute atomic E-state index is 5.74. The molecule has 0 N–H and O–H groups in total. The van der Waals surface area contributed by atoms with Crippen LogP contribution in [0, 0.1) is 6.92 Å². The van der Waals surface area contributed by atoms with E-state index < -0.39 is 0 Å². The number of hydrogen-bond acceptors (Lipinski definition) is 5. The summed E-state index contributed by atoms with van der Waals surface area (Å²) in [6, 6.07) is 16.2. The predicted molar refractivity (Wildman–Crippen MR) is 109 cm³/mol. The Kier molecular flexibility index (Phi) is 4.73. The fourth-order valence-electron chi connectivity index (χ4n) is 3.43. The fourth-order valence-corrected chi connectivity index (χ4v) is 3.43. The van der Waals surface area contributed by atoms with Gasteiger partial charge in [0, 0.05) is 23.7 Å². The van der Waals surface area contributed by atoms with Crippen molar-refractivity contribution in [3.05, 3.63) is 54.1 Å². The molecule has 5 rings (SSSR count). The molecule has 0 amide bonds. The SMILES string of the molecule is Cc1c(-c2ccc(OCC3CO3)cc2)nn(C)c1-c1ccc(OCC2CO2)cc1. The highest BCUT2D eigenvalue weighted by molar-refractivity contribution is 5.74. The molecule has 0 aliphatic carbocycles. The van der Waals surface area contributed by atoms with E-state index in [1.807, 2.05) is 36.0 Å². The maximum atomic E-state index is 5.74. The van der Waals surface area contributed by atoms with Crippen LogP contribution in [0.4, 0.5) is 0 Å². The zero-order chi connectivity index (χ0) is 19.8. The van der Waals surface area contributed by atoms with E-state index in [0.717, 1.165) is 52.8 Å². The molecule has 2 aromatic carbocycles. The minimum atomic E-state index is 0.258. The van der Waals surface area contributed by atoms with Crippen molar-refractivity contribution >= 4 is 0 Å². The standard InChI is InChI=1S/C23H24N2O4/c1-15-22(16-3-7-18(8-4-16)26-11-20-13-28-20)24-25(2)23(15)17-5-9-19(10-6-17)27-12-21-14-29-21/h3-10,20-21H,11-14H2,1-2H3. The molecule has 29 heavy (non-hydrogen) atoms. The molecule has 2 atom stereocenters. The number of nitrogens with zero attached hydrogens (tertiary/aromatic N) is 2. The third kappa shape index (κ3) is 4.13. The van der Waals surface area contributed by atoms with Gasteiger partial charge in [-0.15, -0.1) is 0 Å². The first kappa shape index (κ1) is 18.2. The Morgan fingerprint density at radius 3 is 1.83 bits per heavy atom. The second-order valence-electron chi connectivity index (χ2n) is 7.53. The fraction of sp³-hybridized carbons (Fsp3) is 0.348. The summed E-state index contributed by atoms with van der Waals surface area (Å²) in [5, 5.41) is 4.77. The lowest BCUT2D eigenvalue weighted by Crippen LogP contribution is -2.03. The minimum Gasteiger partial charge on any atom is -0.491 e. The average Bonchev–Trinajstić information content (AvgIpc) is 3.66. The number of epoxide rings is 2. The van der Waals surface area contributed by atoms with Crippen LogP contribution >= 0.6 is 0 Å². The van der Waals surface area contributed by atoms with Crippen LogP contribution in [0.15, 0.2) is 48.5 Å². The second-order valence-corrected chi connectivity index (χ2v) is 7.53. The smallest absolute Gasteiger partial charge is 0.119 e. The lowest BCUT2D eigenvalue weighted by molar-refractivity contribution is 0.263. The van der Waals surface area contributed by atoms with Crippen molar-refractivity contribution in [1.82, 2.24) is 9.78 Å². The van der Waals surface area contributed by atoms with Gasteiger partial charge in [-0.25, -0.2) is 0 Å². The summed E-state index contributed by atoms with van der Waals surface area (Å²) in [5.41, 5.74) is 5.41. The van der Waals surface area contributed by atoms with Crippen molar-refractivity contribution in [2.45, 2.75) is 19.1 Å². The van der Waals surface area contributed by atoms with E-state index >= 15 is 0 Å². The van der Waals surface area contributed by atoms with Crippen LogP contribution in [0.5, 0.6) is 11.5 Å². The molecule has 6 heteroatoms. The van der Waals surface area contributed by atoms with Crippen LogP contribution in [-0.4, -0.2) is 48.4 Å². The lowest BCUT2D eigenvalue weighted by atomic mass is 10.0. The van der Waals surface area contributed by atoms with Gasteiger partial charge in [0.1, 0.15) is 36.9 Å². The zero-order valence-electron chi connectivity index (χ0n) is 16.6. The first-order chi connectivity index (χ1) is 14.2. The molecule has 1 aromatic heterocycles. The summed E-state index contributed by atoms with van der Waals surface area (Å²) in [7, 11) is 1.98. The van der Waals surface area contributed by atoms with Crippen molar-refractivity contribution in [3.63, 3.8) is 0 Å². The van der Waals surface area contributed by atoms with E-state index in [1.165, 1.54) is 0 Å². The lowest BCUT2D eigenvalue weighted by Gasteiger charge is -2.07. The van der Waals surface area contributed by atoms with Crippen molar-refractivity contribution in [3.8, 4) is 34.0 Å². The Morgan fingerprint density at radius 2 is 1.34 bits per heavy atom. The van der Waals surface area contributed by atoms with Crippen molar-refractivity contribution in [1.29, 1.82) is 0 Å². The van der Waals surface area contributed by atoms with Crippen LogP contribution in [0.2, 0.25) is 0 Å². The van der Waals surface area contributed by atoms with Gasteiger partial charge in [0.25, 0.3) is 0 Å². The highest BCUT2D eigenvalue weighted by atomic mass is 16.6. The van der Waals surface area contributed by atoms with Crippen LogP contribution in [0.25, 0.3) is 22.5 Å². The highest BCUT2D eigenvalue weighted by Crippen LogP contribution is 2.33. The molecule has 3 heterocycles. The Balaban J connectivity index is 1.33. The molecule has 0 spiro atoms. The van der Waals surface area contributed by atoms with Gasteiger partial charge in [-0.3, -0.25) is 4.68 Å². The predicted octanol–water partition coefficient (Wildman–Crippen LogP) is 3.62. The van der Waals surface area contributed by atoms with Crippen molar-refractivity contribution in [2.24, 2.45) is 7.05 Å². The molecule has 0 bridgehead atoms. The summed E-state index contributed by atoms with van der Waals surface area (Å²) in [5.74, 6) is 1.71. The Hall–Kier alpha value is -2.83. The van der Waals surface area contributed by atoms with E-state index in [9.17, 15) is 0 Å². The third-order valence-corrected chi connectivity index (χ3v) is 5.22. The molecular weight excluding hydrogens is 368 g/mol. The monoisotopic (exact) mass is 392 g/mol. The van der Waals surface area contributed by atoms with Crippen LogP contribution in [0.3, 0.4) is 0 Å². The van der Waals surface area contributed by atoms with E-state index in [1.54, 1.807) is 0 Å². The van der Waals surface area contributed by atoms with Gasteiger partial charge in [-0.1, -0.05) is 0 Å². The summed E-state index contributed by atoms with van der Waals surface area (Å²) < 4.78 is 23.8. The van der Waals surface area contributed by atoms with E-state index in [2.05, 4.69) is 31.2 Å². The normalized spacial score (nSPS) is 19.8. The van der Waals surface area contributed by atoms with Gasteiger partial charge in [0.15, 0.2) is 0 Å². The number of aromatic nitrogens is 2. The number of aryl methyl sites for hydroxylation is 1. The minimum absolute atomic E-state index is 0.258. The van der Waals surface area contributed by atoms with Gasteiger partial charge >= 0.3 is 0 Å². The van der Waals surface area contributed by atoms with Gasteiger partial charge in [0.05, 0.1) is 24.6 Å². The first-order valence-electron chi connectivity index (χ1n) is 9.90. The molecule has 0 saturated carbocycles. The Labute approximate surface area is 170 Å². The second kappa shape index (κ2) is 7.54. The van der Waals surface area contributed by atoms with Crippen LogP contribution in [0.1, 0.15) is 5.56 Å². The average molecular weight is 392 g/mol. The third-order valence-electron chi connectivity index (χ3n) is 5.22. The van der Waals surface area contributed by atoms with Crippen molar-refractivity contribution < 1.29 is 18.9 Å². The molecule has 6 nitrogen and oxygen atoms in total. The van der Waals surface area contributed by atoms with Gasteiger partial charge in [-0.2, -0.15) is 5.10 Å². The molecule has 3 aromatic rings. The Bertz CT molecular complexity index is 987. The van der Waals surface area contributed by atoms with Gasteiger partial charge < -0.3 is 18.9 Å². The largest absolute Gasteiger partial charge is 0.491 e. The van der Waals surface area contributed by atoms with E-state index in [-0.39, 0.29) is 12.2 Å². The van der Waals surface area contributed by atoms with Crippen LogP contribution < -0.4 is 9.47 Å². The summed E-state index contributed by atoms with van der Waals surface area (Å²) in [6.45, 7) is 4.94. The molecule has 150 valence electrons. The number of benzene rings is 2. The Morgan fingerprint density at radius 1 is 0.862 bits per heavy atom. The molecule has 2 aliphatic rings. The number of hydrogen-bond donors (Lipinski definition) is 0. The number of rotatable bonds is 8. The topological polar surface area (TPSA) is 61.3 Å². The van der Waals surface area contributed by atoms with Gasteiger partial charge in [-0.05, 0) is 55.5 Å². The summed E-state index contributed by atoms with van der Waals surface area (Å²) >= 11 is 0. The van der Waals surface area contributed by atoms with Crippen LogP contribution in [-0.2, 0) is 16.5 Å². The maximum Gasteiger partial charge on any atom is 0.119 e. The summed E-state index contributed by atoms with van der Waals surface area (Å²) in [4.78, 5) is 0. The van der Waals surface area contributed by atoms with E-state index in [4.69, 9.17) is 24.0 Å². The highest BCUT2D eigenvalue weighted by Gasteiger charge is 2.24.